The Balaban J connectivity index is 1.33. The van der Waals surface area contributed by atoms with Crippen molar-refractivity contribution in [2.24, 2.45) is 0 Å². The second-order valence-electron chi connectivity index (χ2n) is 6.65. The summed E-state index contributed by atoms with van der Waals surface area (Å²) < 4.78 is 5.01. The summed E-state index contributed by atoms with van der Waals surface area (Å²) in [5, 5.41) is 2.90. The third kappa shape index (κ3) is 3.75. The highest BCUT2D eigenvalue weighted by atomic mass is 16.4. The molecule has 1 aromatic heterocycles. The second-order valence-corrected chi connectivity index (χ2v) is 6.65. The van der Waals surface area contributed by atoms with Crippen molar-refractivity contribution in [3.8, 4) is 0 Å². The largest absolute Gasteiger partial charge is 0.417 e. The van der Waals surface area contributed by atoms with Crippen molar-refractivity contribution < 1.29 is 14.0 Å². The van der Waals surface area contributed by atoms with Crippen molar-refractivity contribution >= 4 is 23.0 Å². The maximum absolute atomic E-state index is 12.7. The standard InChI is InChI=1S/C20H20N4O4/c25-18(15-6-7-16-17(12-15)28-20(27)22-16)23-8-10-24(11-9-23)19(26)21-13-14-4-2-1-3-5-14/h1-7,12H,8-11,13H2,(H,21,26)(H,22,27). The minimum atomic E-state index is -0.547. The van der Waals surface area contributed by atoms with Crippen LogP contribution in [0.3, 0.4) is 0 Å². The highest BCUT2D eigenvalue weighted by Gasteiger charge is 2.25. The fourth-order valence-electron chi connectivity index (χ4n) is 3.26. The van der Waals surface area contributed by atoms with Crippen LogP contribution < -0.4 is 11.1 Å². The molecule has 1 aliphatic heterocycles. The van der Waals surface area contributed by atoms with E-state index in [0.29, 0.717) is 49.4 Å². The monoisotopic (exact) mass is 380 g/mol. The average molecular weight is 380 g/mol. The third-order valence-electron chi connectivity index (χ3n) is 4.81. The number of fused-ring (bicyclic) bond motifs is 1. The summed E-state index contributed by atoms with van der Waals surface area (Å²) in [5.74, 6) is -0.690. The number of benzene rings is 2. The van der Waals surface area contributed by atoms with Crippen molar-refractivity contribution in [1.82, 2.24) is 20.1 Å². The topological polar surface area (TPSA) is 98.6 Å². The molecule has 0 bridgehead atoms. The van der Waals surface area contributed by atoms with Crippen LogP contribution in [0.25, 0.3) is 11.1 Å². The van der Waals surface area contributed by atoms with Crippen LogP contribution in [0, 0.1) is 0 Å². The molecule has 3 amide bonds. The summed E-state index contributed by atoms with van der Waals surface area (Å²) in [6.45, 7) is 2.31. The molecule has 1 aliphatic rings. The number of nitrogens with zero attached hydrogens (tertiary/aromatic N) is 2. The number of oxazole rings is 1. The zero-order valence-electron chi connectivity index (χ0n) is 15.2. The molecule has 0 radical (unpaired) electrons. The van der Waals surface area contributed by atoms with E-state index >= 15 is 0 Å². The van der Waals surface area contributed by atoms with Crippen LogP contribution in [0.4, 0.5) is 4.79 Å². The van der Waals surface area contributed by atoms with E-state index < -0.39 is 5.76 Å². The molecule has 2 N–H and O–H groups in total. The first-order valence-electron chi connectivity index (χ1n) is 9.09. The van der Waals surface area contributed by atoms with Crippen molar-refractivity contribution in [2.45, 2.75) is 6.54 Å². The van der Waals surface area contributed by atoms with E-state index in [-0.39, 0.29) is 11.9 Å². The van der Waals surface area contributed by atoms with Gasteiger partial charge in [-0.15, -0.1) is 0 Å². The van der Waals surface area contributed by atoms with Gasteiger partial charge in [0, 0.05) is 38.3 Å². The number of hydrogen-bond acceptors (Lipinski definition) is 4. The summed E-state index contributed by atoms with van der Waals surface area (Å²) in [6.07, 6.45) is 0. The number of aromatic nitrogens is 1. The van der Waals surface area contributed by atoms with Crippen molar-refractivity contribution in [2.75, 3.05) is 26.2 Å². The maximum atomic E-state index is 12.7. The van der Waals surface area contributed by atoms with Gasteiger partial charge in [0.15, 0.2) is 5.58 Å². The van der Waals surface area contributed by atoms with Gasteiger partial charge in [0.25, 0.3) is 5.91 Å². The first kappa shape index (κ1) is 17.8. The van der Waals surface area contributed by atoms with Crippen LogP contribution in [0.2, 0.25) is 0 Å². The Morgan fingerprint density at radius 1 is 1.00 bits per heavy atom. The van der Waals surface area contributed by atoms with Crippen LogP contribution in [0.1, 0.15) is 15.9 Å². The van der Waals surface area contributed by atoms with Crippen molar-refractivity contribution in [3.63, 3.8) is 0 Å². The van der Waals surface area contributed by atoms with Gasteiger partial charge in [-0.1, -0.05) is 30.3 Å². The van der Waals surface area contributed by atoms with Crippen LogP contribution in [0.15, 0.2) is 57.7 Å². The molecule has 3 aromatic rings. The molecule has 144 valence electrons. The molecule has 0 atom stereocenters. The van der Waals surface area contributed by atoms with Gasteiger partial charge in [-0.25, -0.2) is 9.59 Å². The number of piperazine rings is 1. The molecule has 0 aliphatic carbocycles. The minimum Gasteiger partial charge on any atom is -0.408 e. The maximum Gasteiger partial charge on any atom is 0.417 e. The molecule has 8 heteroatoms. The summed E-state index contributed by atoms with van der Waals surface area (Å²) in [4.78, 5) is 42.3. The Labute approximate surface area is 160 Å². The highest BCUT2D eigenvalue weighted by Crippen LogP contribution is 2.15. The predicted molar refractivity (Wildman–Crippen MR) is 103 cm³/mol. The zero-order chi connectivity index (χ0) is 19.5. The van der Waals surface area contributed by atoms with E-state index in [4.69, 9.17) is 4.42 Å². The normalized spacial score (nSPS) is 14.3. The van der Waals surface area contributed by atoms with E-state index in [1.165, 1.54) is 0 Å². The second kappa shape index (κ2) is 7.59. The van der Waals surface area contributed by atoms with Crippen molar-refractivity contribution in [3.05, 3.63) is 70.2 Å². The number of hydrogen-bond donors (Lipinski definition) is 2. The van der Waals surface area contributed by atoms with Gasteiger partial charge in [0.05, 0.1) is 5.52 Å². The van der Waals surface area contributed by atoms with Gasteiger partial charge in [-0.05, 0) is 23.8 Å². The molecule has 1 saturated heterocycles. The smallest absolute Gasteiger partial charge is 0.408 e. The molecule has 2 aromatic carbocycles. The van der Waals surface area contributed by atoms with Gasteiger partial charge in [0.1, 0.15) is 0 Å². The van der Waals surface area contributed by atoms with E-state index in [1.54, 1.807) is 28.0 Å². The van der Waals surface area contributed by atoms with E-state index in [0.717, 1.165) is 5.56 Å². The average Bonchev–Trinajstić information content (AvgIpc) is 3.11. The lowest BCUT2D eigenvalue weighted by molar-refractivity contribution is 0.0665. The Bertz CT molecular complexity index is 1050. The van der Waals surface area contributed by atoms with Crippen LogP contribution in [0.5, 0.6) is 0 Å². The molecule has 28 heavy (non-hydrogen) atoms. The van der Waals surface area contributed by atoms with Crippen LogP contribution >= 0.6 is 0 Å². The Morgan fingerprint density at radius 3 is 2.46 bits per heavy atom. The SMILES string of the molecule is O=C(NCc1ccccc1)N1CCN(C(=O)c2ccc3[nH]c(=O)oc3c2)CC1. The molecule has 2 heterocycles. The Hall–Kier alpha value is -3.55. The lowest BCUT2D eigenvalue weighted by Gasteiger charge is -2.34. The fourth-order valence-corrected chi connectivity index (χ4v) is 3.26. The molecular weight excluding hydrogens is 360 g/mol. The molecule has 1 fully saturated rings. The predicted octanol–water partition coefficient (Wildman–Crippen LogP) is 1.79. The molecule has 0 saturated carbocycles. The van der Waals surface area contributed by atoms with Gasteiger partial charge >= 0.3 is 11.8 Å². The lowest BCUT2D eigenvalue weighted by atomic mass is 10.1. The molecule has 0 unspecified atom stereocenters. The number of amides is 3. The van der Waals surface area contributed by atoms with Gasteiger partial charge < -0.3 is 19.5 Å². The van der Waals surface area contributed by atoms with E-state index in [9.17, 15) is 14.4 Å². The molecular formula is C20H20N4O4. The number of rotatable bonds is 3. The van der Waals surface area contributed by atoms with Gasteiger partial charge in [0.2, 0.25) is 0 Å². The highest BCUT2D eigenvalue weighted by molar-refractivity contribution is 5.97. The molecule has 8 nitrogen and oxygen atoms in total. The van der Waals surface area contributed by atoms with Crippen molar-refractivity contribution in [1.29, 1.82) is 0 Å². The number of carbonyl (C=O) groups is 2. The van der Waals surface area contributed by atoms with Gasteiger partial charge in [-0.2, -0.15) is 0 Å². The summed E-state index contributed by atoms with van der Waals surface area (Å²) in [6, 6.07) is 14.5. The van der Waals surface area contributed by atoms with Crippen LogP contribution in [-0.4, -0.2) is 52.9 Å². The number of urea groups is 1. The van der Waals surface area contributed by atoms with E-state index in [2.05, 4.69) is 10.3 Å². The number of aromatic amines is 1. The summed E-state index contributed by atoms with van der Waals surface area (Å²) in [7, 11) is 0. The minimum absolute atomic E-state index is 0.133. The third-order valence-corrected chi connectivity index (χ3v) is 4.81. The first-order valence-corrected chi connectivity index (χ1v) is 9.09. The summed E-state index contributed by atoms with van der Waals surface area (Å²) >= 11 is 0. The Kier molecular flexibility index (Phi) is 4.84. The zero-order valence-corrected chi connectivity index (χ0v) is 15.2. The van der Waals surface area contributed by atoms with Gasteiger partial charge in [-0.3, -0.25) is 9.78 Å². The van der Waals surface area contributed by atoms with Crippen LogP contribution in [-0.2, 0) is 6.54 Å². The fraction of sp³-hybridized carbons (Fsp3) is 0.250. The lowest BCUT2D eigenvalue weighted by Crippen LogP contribution is -2.53. The number of H-pyrrole nitrogens is 1. The first-order chi connectivity index (χ1) is 13.6. The summed E-state index contributed by atoms with van der Waals surface area (Å²) in [5.41, 5.74) is 2.41. The Morgan fingerprint density at radius 2 is 1.71 bits per heavy atom. The molecule has 4 rings (SSSR count). The number of carbonyl (C=O) groups excluding carboxylic acids is 2. The quantitative estimate of drug-likeness (QED) is 0.724. The molecule has 0 spiro atoms. The van der Waals surface area contributed by atoms with E-state index in [1.807, 2.05) is 30.3 Å². The number of nitrogens with one attached hydrogen (secondary N) is 2.